The molecule has 0 aliphatic heterocycles. The molecule has 0 N–H and O–H groups in total. The van der Waals surface area contributed by atoms with E-state index in [0.29, 0.717) is 16.4 Å². The molecule has 0 saturated carbocycles. The van der Waals surface area contributed by atoms with E-state index in [1.54, 1.807) is 24.3 Å². The van der Waals surface area contributed by atoms with Crippen LogP contribution in [-0.2, 0) is 6.18 Å². The van der Waals surface area contributed by atoms with Gasteiger partial charge in [-0.15, -0.1) is 15.3 Å². The van der Waals surface area contributed by atoms with Crippen molar-refractivity contribution in [1.29, 1.82) is 0 Å². The Balaban J connectivity index is 1.74. The largest absolute Gasteiger partial charge is 0.480 e. The van der Waals surface area contributed by atoms with Gasteiger partial charge in [0.25, 0.3) is 0 Å². The first-order valence-corrected chi connectivity index (χ1v) is 10.3. The molecule has 0 radical (unpaired) electrons. The van der Waals surface area contributed by atoms with Crippen LogP contribution in [0.5, 0.6) is 23.5 Å². The lowest BCUT2D eigenvalue weighted by atomic mass is 10.0. The third kappa shape index (κ3) is 4.01. The lowest BCUT2D eigenvalue weighted by Crippen LogP contribution is -2.06. The molecule has 178 valence electrons. The van der Waals surface area contributed by atoms with Gasteiger partial charge in [0.05, 0.1) is 25.3 Å². The Kier molecular flexibility index (Phi) is 5.52. The van der Waals surface area contributed by atoms with Crippen molar-refractivity contribution >= 4 is 28.0 Å². The molecule has 0 spiro atoms. The van der Waals surface area contributed by atoms with E-state index in [2.05, 4.69) is 25.3 Å². The van der Waals surface area contributed by atoms with Gasteiger partial charge in [0.15, 0.2) is 5.65 Å². The van der Waals surface area contributed by atoms with Crippen LogP contribution in [-0.4, -0.2) is 44.0 Å². The molecular formula is C22H14ClF3N6O3. The summed E-state index contributed by atoms with van der Waals surface area (Å²) in [5, 5.41) is 13.2. The van der Waals surface area contributed by atoms with Gasteiger partial charge in [0.1, 0.15) is 5.75 Å². The monoisotopic (exact) mass is 502 g/mol. The van der Waals surface area contributed by atoms with E-state index in [9.17, 15) is 13.2 Å². The summed E-state index contributed by atoms with van der Waals surface area (Å²) in [7, 11) is 2.75. The van der Waals surface area contributed by atoms with Crippen molar-refractivity contribution in [2.24, 2.45) is 0 Å². The molecule has 0 bridgehead atoms. The third-order valence-electron chi connectivity index (χ3n) is 5.11. The molecule has 3 heterocycles. The van der Waals surface area contributed by atoms with Gasteiger partial charge in [0, 0.05) is 22.5 Å². The number of aromatic nitrogens is 6. The first-order chi connectivity index (χ1) is 16.8. The summed E-state index contributed by atoms with van der Waals surface area (Å²) in [5.74, 6) is -0.0894. The second kappa shape index (κ2) is 8.55. The Morgan fingerprint density at radius 3 is 2.40 bits per heavy atom. The number of methoxy groups -OCH3 is 2. The smallest absolute Gasteiger partial charge is 0.416 e. The number of halogens is 4. The van der Waals surface area contributed by atoms with E-state index in [0.717, 1.165) is 12.1 Å². The van der Waals surface area contributed by atoms with Crippen molar-refractivity contribution in [2.45, 2.75) is 6.18 Å². The molecule has 3 aromatic heterocycles. The summed E-state index contributed by atoms with van der Waals surface area (Å²) >= 11 is 6.11. The Morgan fingerprint density at radius 2 is 1.69 bits per heavy atom. The van der Waals surface area contributed by atoms with Gasteiger partial charge in [-0.2, -0.15) is 22.7 Å². The number of alkyl halides is 3. The fraction of sp³-hybridized carbons (Fsp3) is 0.136. The van der Waals surface area contributed by atoms with E-state index in [1.807, 2.05) is 0 Å². The molecule has 9 nitrogen and oxygen atoms in total. The first kappa shape index (κ1) is 22.6. The topological polar surface area (TPSA) is 96.6 Å². The van der Waals surface area contributed by atoms with Gasteiger partial charge in [-0.3, -0.25) is 0 Å². The minimum Gasteiger partial charge on any atom is -0.480 e. The number of rotatable bonds is 5. The molecule has 5 aromatic rings. The fourth-order valence-electron chi connectivity index (χ4n) is 3.50. The number of ether oxygens (including phenoxy) is 3. The highest BCUT2D eigenvalue weighted by atomic mass is 35.5. The number of nitrogens with zero attached hydrogens (tertiary/aromatic N) is 6. The zero-order chi connectivity index (χ0) is 24.7. The van der Waals surface area contributed by atoms with E-state index in [-0.39, 0.29) is 39.9 Å². The summed E-state index contributed by atoms with van der Waals surface area (Å²) in [4.78, 5) is 8.17. The van der Waals surface area contributed by atoms with Crippen LogP contribution in [0.15, 0.2) is 48.7 Å². The summed E-state index contributed by atoms with van der Waals surface area (Å²) in [6.07, 6.45) is -3.25. The Bertz CT molecular complexity index is 1570. The van der Waals surface area contributed by atoms with Crippen LogP contribution in [0.25, 0.3) is 27.5 Å². The van der Waals surface area contributed by atoms with E-state index in [4.69, 9.17) is 25.8 Å². The average Bonchev–Trinajstić information content (AvgIpc) is 3.23. The predicted octanol–water partition coefficient (Wildman–Crippen LogP) is 5.22. The second-order valence-electron chi connectivity index (χ2n) is 7.15. The molecule has 0 aliphatic carbocycles. The average molecular weight is 503 g/mol. The molecule has 0 saturated heterocycles. The van der Waals surface area contributed by atoms with Crippen molar-refractivity contribution in [1.82, 2.24) is 29.8 Å². The van der Waals surface area contributed by atoms with E-state index >= 15 is 0 Å². The molecule has 0 amide bonds. The second-order valence-corrected chi connectivity index (χ2v) is 7.48. The quantitative estimate of drug-likeness (QED) is 0.323. The summed E-state index contributed by atoms with van der Waals surface area (Å²) in [5.41, 5.74) is -0.0344. The van der Waals surface area contributed by atoms with Gasteiger partial charge in [-0.05, 0) is 35.9 Å². The third-order valence-corrected chi connectivity index (χ3v) is 5.34. The van der Waals surface area contributed by atoms with Gasteiger partial charge in [-0.1, -0.05) is 18.2 Å². The highest BCUT2D eigenvalue weighted by Gasteiger charge is 2.32. The SMILES string of the molecule is COc1ncc(-c2ccc(C(F)(F)F)cc2Oc2nn3c(Cl)nnc3c3ccccc23)c(OC)n1. The Morgan fingerprint density at radius 1 is 0.914 bits per heavy atom. The van der Waals surface area contributed by atoms with Crippen molar-refractivity contribution in [3.63, 3.8) is 0 Å². The van der Waals surface area contributed by atoms with Gasteiger partial charge in [-0.25, -0.2) is 4.98 Å². The van der Waals surface area contributed by atoms with E-state index in [1.165, 1.54) is 31.0 Å². The zero-order valence-corrected chi connectivity index (χ0v) is 18.8. The minimum absolute atomic E-state index is 0.0104. The maximum atomic E-state index is 13.6. The molecule has 35 heavy (non-hydrogen) atoms. The lowest BCUT2D eigenvalue weighted by molar-refractivity contribution is -0.137. The molecule has 0 unspecified atom stereocenters. The Labute approximate surface area is 200 Å². The standard InChI is InChI=1S/C22H14ClF3N6O3/c1-33-18-15(10-27-21(28-18)34-2)12-8-7-11(22(24,25)26)9-16(12)35-19-14-6-4-3-5-13(14)17-29-30-20(23)32(17)31-19/h3-10H,1-2H3. The number of hydrogen-bond donors (Lipinski definition) is 0. The Hall–Kier alpha value is -4.19. The van der Waals surface area contributed by atoms with Crippen LogP contribution in [0.3, 0.4) is 0 Å². The normalized spacial score (nSPS) is 11.7. The van der Waals surface area contributed by atoms with Gasteiger partial charge < -0.3 is 14.2 Å². The van der Waals surface area contributed by atoms with Crippen LogP contribution >= 0.6 is 11.6 Å². The zero-order valence-electron chi connectivity index (χ0n) is 18.0. The van der Waals surface area contributed by atoms with Crippen LogP contribution in [0.4, 0.5) is 13.2 Å². The van der Waals surface area contributed by atoms with Crippen LogP contribution in [0, 0.1) is 0 Å². The molecule has 0 aliphatic rings. The highest BCUT2D eigenvalue weighted by molar-refractivity contribution is 6.28. The lowest BCUT2D eigenvalue weighted by Gasteiger charge is -2.16. The van der Waals surface area contributed by atoms with E-state index < -0.39 is 11.7 Å². The van der Waals surface area contributed by atoms with Crippen molar-refractivity contribution < 1.29 is 27.4 Å². The van der Waals surface area contributed by atoms with Crippen LogP contribution in [0.1, 0.15) is 5.56 Å². The van der Waals surface area contributed by atoms with Crippen LogP contribution < -0.4 is 14.2 Å². The maximum absolute atomic E-state index is 13.6. The van der Waals surface area contributed by atoms with Crippen molar-refractivity contribution in [3.8, 4) is 34.6 Å². The predicted molar refractivity (Wildman–Crippen MR) is 119 cm³/mol. The van der Waals surface area contributed by atoms with Gasteiger partial charge >= 0.3 is 12.2 Å². The molecule has 0 atom stereocenters. The fourth-order valence-corrected chi connectivity index (χ4v) is 3.66. The number of hydrogen-bond acceptors (Lipinski definition) is 8. The molecule has 0 fully saturated rings. The summed E-state index contributed by atoms with van der Waals surface area (Å²) < 4.78 is 58.3. The van der Waals surface area contributed by atoms with Crippen molar-refractivity contribution in [2.75, 3.05) is 14.2 Å². The summed E-state index contributed by atoms with van der Waals surface area (Å²) in [6.45, 7) is 0. The minimum atomic E-state index is -4.62. The number of benzene rings is 2. The summed E-state index contributed by atoms with van der Waals surface area (Å²) in [6, 6.07) is 10.0. The molecule has 5 rings (SSSR count). The van der Waals surface area contributed by atoms with Gasteiger partial charge in [0.2, 0.25) is 17.0 Å². The molecular weight excluding hydrogens is 489 g/mol. The number of fused-ring (bicyclic) bond motifs is 3. The molecule has 13 heteroatoms. The maximum Gasteiger partial charge on any atom is 0.416 e. The highest BCUT2D eigenvalue weighted by Crippen LogP contribution is 2.42. The first-order valence-electron chi connectivity index (χ1n) is 9.94. The van der Waals surface area contributed by atoms with Crippen LogP contribution in [0.2, 0.25) is 5.28 Å². The van der Waals surface area contributed by atoms with Crippen molar-refractivity contribution in [3.05, 3.63) is 59.5 Å². The molecule has 2 aromatic carbocycles.